The fourth-order valence-electron chi connectivity index (χ4n) is 2.47. The highest BCUT2D eigenvalue weighted by Crippen LogP contribution is 2.27. The predicted octanol–water partition coefficient (Wildman–Crippen LogP) is 4.09. The van der Waals surface area contributed by atoms with Crippen LogP contribution < -0.4 is 0 Å². The van der Waals surface area contributed by atoms with E-state index in [1.807, 2.05) is 41.8 Å². The zero-order valence-electron chi connectivity index (χ0n) is 12.2. The van der Waals surface area contributed by atoms with Crippen molar-refractivity contribution in [2.75, 3.05) is 6.61 Å². The summed E-state index contributed by atoms with van der Waals surface area (Å²) in [6.07, 6.45) is 1.97. The standard InChI is InChI=1S/C18H17NO2/c1-3-21-18(20)15-12-17(14-9-7-13(2)8-10-14)19-11-5-4-6-16(15)19/h4-12H,3H2,1-2H3. The lowest BCUT2D eigenvalue weighted by molar-refractivity contribution is 0.0529. The molecule has 0 aliphatic carbocycles. The summed E-state index contributed by atoms with van der Waals surface area (Å²) < 4.78 is 7.18. The number of hydrogen-bond donors (Lipinski definition) is 0. The zero-order valence-corrected chi connectivity index (χ0v) is 12.2. The summed E-state index contributed by atoms with van der Waals surface area (Å²) in [7, 11) is 0. The Morgan fingerprint density at radius 1 is 1.14 bits per heavy atom. The number of nitrogens with zero attached hydrogens (tertiary/aromatic N) is 1. The van der Waals surface area contributed by atoms with Crippen LogP contribution in [-0.2, 0) is 4.74 Å². The largest absolute Gasteiger partial charge is 0.462 e. The molecule has 0 aliphatic heterocycles. The lowest BCUT2D eigenvalue weighted by Crippen LogP contribution is -2.03. The molecule has 0 N–H and O–H groups in total. The maximum atomic E-state index is 12.1. The SMILES string of the molecule is CCOC(=O)c1cc(-c2ccc(C)cc2)n2ccccc12. The second-order valence-electron chi connectivity index (χ2n) is 4.99. The molecule has 1 aromatic carbocycles. The number of aryl methyl sites for hydroxylation is 1. The van der Waals surface area contributed by atoms with Gasteiger partial charge in [0.2, 0.25) is 0 Å². The molecule has 0 aliphatic rings. The molecule has 21 heavy (non-hydrogen) atoms. The van der Waals surface area contributed by atoms with Crippen molar-refractivity contribution in [3.63, 3.8) is 0 Å². The minimum absolute atomic E-state index is 0.278. The van der Waals surface area contributed by atoms with E-state index in [2.05, 4.69) is 31.2 Å². The fourth-order valence-corrected chi connectivity index (χ4v) is 2.47. The number of esters is 1. The number of carbonyl (C=O) groups is 1. The Kier molecular flexibility index (Phi) is 3.48. The third-order valence-corrected chi connectivity index (χ3v) is 3.52. The van der Waals surface area contributed by atoms with Crippen molar-refractivity contribution in [3.8, 4) is 11.3 Å². The van der Waals surface area contributed by atoms with E-state index in [0.717, 1.165) is 16.8 Å². The lowest BCUT2D eigenvalue weighted by atomic mass is 10.1. The number of hydrogen-bond acceptors (Lipinski definition) is 2. The van der Waals surface area contributed by atoms with E-state index in [-0.39, 0.29) is 5.97 Å². The Morgan fingerprint density at radius 2 is 1.90 bits per heavy atom. The van der Waals surface area contributed by atoms with Gasteiger partial charge in [0.15, 0.2) is 0 Å². The molecular weight excluding hydrogens is 262 g/mol. The number of carbonyl (C=O) groups excluding carboxylic acids is 1. The molecule has 3 aromatic rings. The third kappa shape index (κ3) is 2.42. The first-order valence-electron chi connectivity index (χ1n) is 7.05. The summed E-state index contributed by atoms with van der Waals surface area (Å²) in [5.74, 6) is -0.278. The van der Waals surface area contributed by atoms with Gasteiger partial charge in [0.1, 0.15) is 0 Å². The monoisotopic (exact) mass is 279 g/mol. The third-order valence-electron chi connectivity index (χ3n) is 3.52. The molecule has 0 saturated heterocycles. The van der Waals surface area contributed by atoms with Gasteiger partial charge in [-0.1, -0.05) is 35.9 Å². The van der Waals surface area contributed by atoms with Crippen LogP contribution in [0.25, 0.3) is 16.8 Å². The van der Waals surface area contributed by atoms with Gasteiger partial charge in [-0.3, -0.25) is 0 Å². The minimum Gasteiger partial charge on any atom is -0.462 e. The number of benzene rings is 1. The Morgan fingerprint density at radius 3 is 2.62 bits per heavy atom. The van der Waals surface area contributed by atoms with Gasteiger partial charge in [0, 0.05) is 6.20 Å². The van der Waals surface area contributed by atoms with Crippen LogP contribution in [-0.4, -0.2) is 17.0 Å². The average Bonchev–Trinajstić information content (AvgIpc) is 2.88. The van der Waals surface area contributed by atoms with Crippen LogP contribution in [0.4, 0.5) is 0 Å². The van der Waals surface area contributed by atoms with Gasteiger partial charge in [-0.05, 0) is 37.6 Å². The fraction of sp³-hybridized carbons (Fsp3) is 0.167. The van der Waals surface area contributed by atoms with Crippen molar-refractivity contribution in [2.45, 2.75) is 13.8 Å². The van der Waals surface area contributed by atoms with Crippen LogP contribution >= 0.6 is 0 Å². The molecule has 0 spiro atoms. The first-order chi connectivity index (χ1) is 10.2. The van der Waals surface area contributed by atoms with Crippen molar-refractivity contribution in [2.24, 2.45) is 0 Å². The lowest BCUT2D eigenvalue weighted by Gasteiger charge is -2.03. The highest BCUT2D eigenvalue weighted by atomic mass is 16.5. The predicted molar refractivity (Wildman–Crippen MR) is 83.5 cm³/mol. The highest BCUT2D eigenvalue weighted by molar-refractivity contribution is 5.99. The molecule has 3 nitrogen and oxygen atoms in total. The summed E-state index contributed by atoms with van der Waals surface area (Å²) in [6, 6.07) is 16.0. The second-order valence-corrected chi connectivity index (χ2v) is 4.99. The molecule has 0 fully saturated rings. The van der Waals surface area contributed by atoms with Crippen molar-refractivity contribution in [1.82, 2.24) is 4.40 Å². The molecule has 3 rings (SSSR count). The van der Waals surface area contributed by atoms with Crippen molar-refractivity contribution in [3.05, 3.63) is 65.9 Å². The second kappa shape index (κ2) is 5.44. The Hall–Kier alpha value is -2.55. The molecule has 3 heteroatoms. The van der Waals surface area contributed by atoms with E-state index in [9.17, 15) is 4.79 Å². The Labute approximate surface area is 123 Å². The Bertz CT molecular complexity index is 785. The number of ether oxygens (including phenoxy) is 1. The van der Waals surface area contributed by atoms with Crippen LogP contribution in [0.3, 0.4) is 0 Å². The van der Waals surface area contributed by atoms with Gasteiger partial charge in [0.25, 0.3) is 0 Å². The summed E-state index contributed by atoms with van der Waals surface area (Å²) in [6.45, 7) is 4.25. The van der Waals surface area contributed by atoms with Gasteiger partial charge in [0.05, 0.1) is 23.4 Å². The van der Waals surface area contributed by atoms with E-state index in [4.69, 9.17) is 4.74 Å². The van der Waals surface area contributed by atoms with E-state index in [1.54, 1.807) is 0 Å². The van der Waals surface area contributed by atoms with Gasteiger partial charge in [-0.2, -0.15) is 0 Å². The molecule has 0 atom stereocenters. The Balaban J connectivity index is 2.19. The van der Waals surface area contributed by atoms with Gasteiger partial charge < -0.3 is 9.14 Å². The normalized spacial score (nSPS) is 10.8. The molecule has 0 radical (unpaired) electrons. The summed E-state index contributed by atoms with van der Waals surface area (Å²) in [4.78, 5) is 12.1. The minimum atomic E-state index is -0.278. The number of pyridine rings is 1. The van der Waals surface area contributed by atoms with E-state index in [1.165, 1.54) is 5.56 Å². The van der Waals surface area contributed by atoms with Crippen molar-refractivity contribution < 1.29 is 9.53 Å². The maximum absolute atomic E-state index is 12.1. The van der Waals surface area contributed by atoms with Crippen LogP contribution in [0.1, 0.15) is 22.8 Å². The van der Waals surface area contributed by atoms with Crippen molar-refractivity contribution in [1.29, 1.82) is 0 Å². The average molecular weight is 279 g/mol. The number of fused-ring (bicyclic) bond motifs is 1. The molecule has 0 saturated carbocycles. The summed E-state index contributed by atoms with van der Waals surface area (Å²) in [5.41, 5.74) is 4.76. The number of aromatic nitrogens is 1. The first kappa shape index (κ1) is 13.4. The van der Waals surface area contributed by atoms with Gasteiger partial charge in [-0.15, -0.1) is 0 Å². The van der Waals surface area contributed by atoms with E-state index in [0.29, 0.717) is 12.2 Å². The molecule has 2 heterocycles. The maximum Gasteiger partial charge on any atom is 0.340 e. The molecule has 2 aromatic heterocycles. The van der Waals surface area contributed by atoms with Crippen LogP contribution in [0.2, 0.25) is 0 Å². The van der Waals surface area contributed by atoms with Gasteiger partial charge in [-0.25, -0.2) is 4.79 Å². The topological polar surface area (TPSA) is 30.7 Å². The van der Waals surface area contributed by atoms with E-state index >= 15 is 0 Å². The molecule has 0 unspecified atom stereocenters. The number of rotatable bonds is 3. The van der Waals surface area contributed by atoms with Gasteiger partial charge >= 0.3 is 5.97 Å². The highest BCUT2D eigenvalue weighted by Gasteiger charge is 2.16. The summed E-state index contributed by atoms with van der Waals surface area (Å²) >= 11 is 0. The van der Waals surface area contributed by atoms with Crippen LogP contribution in [0.15, 0.2) is 54.7 Å². The molecule has 0 amide bonds. The smallest absolute Gasteiger partial charge is 0.340 e. The van der Waals surface area contributed by atoms with Crippen molar-refractivity contribution >= 4 is 11.5 Å². The summed E-state index contributed by atoms with van der Waals surface area (Å²) in [5, 5.41) is 0. The molecule has 106 valence electrons. The van der Waals surface area contributed by atoms with E-state index < -0.39 is 0 Å². The molecular formula is C18H17NO2. The quantitative estimate of drug-likeness (QED) is 0.676. The van der Waals surface area contributed by atoms with Crippen LogP contribution in [0.5, 0.6) is 0 Å². The van der Waals surface area contributed by atoms with Crippen LogP contribution in [0, 0.1) is 6.92 Å². The molecule has 0 bridgehead atoms. The zero-order chi connectivity index (χ0) is 14.8. The first-order valence-corrected chi connectivity index (χ1v) is 7.05.